The molecule has 14 heavy (non-hydrogen) atoms. The highest BCUT2D eigenvalue weighted by atomic mass is 32.1. The molecule has 3 heteroatoms. The molecule has 0 unspecified atom stereocenters. The normalized spacial score (nSPS) is 12.4. The molecule has 0 aliphatic rings. The molecule has 1 N–H and O–H groups in total. The lowest BCUT2D eigenvalue weighted by Gasteiger charge is -2.33. The molecule has 0 aromatic carbocycles. The third-order valence-electron chi connectivity index (χ3n) is 2.61. The van der Waals surface area contributed by atoms with Crippen molar-refractivity contribution < 1.29 is 5.11 Å². The summed E-state index contributed by atoms with van der Waals surface area (Å²) in [5, 5.41) is 9.21. The Hall–Kier alpha value is -0.380. The van der Waals surface area contributed by atoms with Crippen molar-refractivity contribution in [1.29, 1.82) is 0 Å². The van der Waals surface area contributed by atoms with Gasteiger partial charge in [-0.1, -0.05) is 0 Å². The number of rotatable bonds is 4. The van der Waals surface area contributed by atoms with Crippen molar-refractivity contribution in [3.63, 3.8) is 0 Å². The summed E-state index contributed by atoms with van der Waals surface area (Å²) in [5.74, 6) is 0. The molecule has 0 aliphatic heterocycles. The molecule has 0 saturated heterocycles. The largest absolute Gasteiger partial charge is 0.394 e. The van der Waals surface area contributed by atoms with Gasteiger partial charge in [-0.3, -0.25) is 4.90 Å². The highest BCUT2D eigenvalue weighted by Gasteiger charge is 2.22. The van der Waals surface area contributed by atoms with E-state index in [2.05, 4.69) is 24.0 Å². The smallest absolute Gasteiger partial charge is 0.0610 e. The van der Waals surface area contributed by atoms with Gasteiger partial charge in [-0.15, -0.1) is 11.3 Å². The van der Waals surface area contributed by atoms with Gasteiger partial charge in [0.15, 0.2) is 0 Å². The molecule has 0 atom stereocenters. The number of likely N-dealkylation sites (N-methyl/N-ethyl adjacent to an activating group) is 1. The van der Waals surface area contributed by atoms with Crippen molar-refractivity contribution in [1.82, 2.24) is 4.90 Å². The summed E-state index contributed by atoms with van der Waals surface area (Å²) in [5.41, 5.74) is -0.141. The number of aliphatic hydroxyl groups is 1. The summed E-state index contributed by atoms with van der Waals surface area (Å²) >= 11 is 1.82. The van der Waals surface area contributed by atoms with E-state index >= 15 is 0 Å². The summed E-state index contributed by atoms with van der Waals surface area (Å²) < 4.78 is 0. The van der Waals surface area contributed by atoms with Crippen molar-refractivity contribution >= 4 is 11.3 Å². The molecule has 2 nitrogen and oxygen atoms in total. The Kier molecular flexibility index (Phi) is 3.70. The Morgan fingerprint density at radius 2 is 2.07 bits per heavy atom. The van der Waals surface area contributed by atoms with Crippen molar-refractivity contribution in [2.24, 2.45) is 0 Å². The SMILES string of the molecule is Cc1ccc(CN(C)C(C)(C)CO)s1. The van der Waals surface area contributed by atoms with Gasteiger partial charge in [-0.25, -0.2) is 0 Å². The number of nitrogens with zero attached hydrogens (tertiary/aromatic N) is 1. The minimum Gasteiger partial charge on any atom is -0.394 e. The zero-order valence-electron chi connectivity index (χ0n) is 9.37. The first-order chi connectivity index (χ1) is 6.45. The Bertz CT molecular complexity index is 293. The number of aryl methyl sites for hydroxylation is 1. The van der Waals surface area contributed by atoms with Crippen molar-refractivity contribution in [2.75, 3.05) is 13.7 Å². The van der Waals surface area contributed by atoms with Crippen LogP contribution in [-0.2, 0) is 6.54 Å². The molecule has 0 fully saturated rings. The zero-order chi connectivity index (χ0) is 10.8. The topological polar surface area (TPSA) is 23.5 Å². The summed E-state index contributed by atoms with van der Waals surface area (Å²) in [6.45, 7) is 7.31. The molecule has 0 saturated carbocycles. The highest BCUT2D eigenvalue weighted by Crippen LogP contribution is 2.20. The van der Waals surface area contributed by atoms with Crippen LogP contribution in [0.15, 0.2) is 12.1 Å². The molecule has 0 radical (unpaired) electrons. The zero-order valence-corrected chi connectivity index (χ0v) is 10.2. The van der Waals surface area contributed by atoms with Gasteiger partial charge in [0, 0.05) is 21.8 Å². The molecule has 0 aliphatic carbocycles. The predicted octanol–water partition coefficient (Wildman–Crippen LogP) is 2.26. The highest BCUT2D eigenvalue weighted by molar-refractivity contribution is 7.11. The van der Waals surface area contributed by atoms with Crippen LogP contribution in [-0.4, -0.2) is 29.2 Å². The molecule has 80 valence electrons. The van der Waals surface area contributed by atoms with E-state index in [9.17, 15) is 5.11 Å². The molecule has 0 amide bonds. The molecule has 0 spiro atoms. The fourth-order valence-electron chi connectivity index (χ4n) is 1.14. The number of hydrogen-bond donors (Lipinski definition) is 1. The molecule has 1 rings (SSSR count). The standard InChI is InChI=1S/C11H19NOS/c1-9-5-6-10(14-9)7-12(4)11(2,3)8-13/h5-6,13H,7-8H2,1-4H3. The van der Waals surface area contributed by atoms with Crippen LogP contribution >= 0.6 is 11.3 Å². The third kappa shape index (κ3) is 2.80. The fraction of sp³-hybridized carbons (Fsp3) is 0.636. The lowest BCUT2D eigenvalue weighted by Crippen LogP contribution is -2.43. The fourth-order valence-corrected chi connectivity index (χ4v) is 2.08. The van der Waals surface area contributed by atoms with Gasteiger partial charge in [0.25, 0.3) is 0 Å². The summed E-state index contributed by atoms with van der Waals surface area (Å²) in [6.07, 6.45) is 0. The van der Waals surface area contributed by atoms with Gasteiger partial charge in [-0.2, -0.15) is 0 Å². The number of thiophene rings is 1. The second kappa shape index (κ2) is 4.43. The van der Waals surface area contributed by atoms with E-state index in [4.69, 9.17) is 0 Å². The Labute approximate surface area is 90.2 Å². The monoisotopic (exact) mass is 213 g/mol. The summed E-state index contributed by atoms with van der Waals surface area (Å²) in [6, 6.07) is 4.30. The van der Waals surface area contributed by atoms with Crippen LogP contribution in [0.2, 0.25) is 0 Å². The molecule has 1 aromatic rings. The van der Waals surface area contributed by atoms with Crippen LogP contribution in [0.4, 0.5) is 0 Å². The average Bonchev–Trinajstić information content (AvgIpc) is 2.51. The van der Waals surface area contributed by atoms with Gasteiger partial charge < -0.3 is 5.11 Å². The maximum absolute atomic E-state index is 9.21. The van der Waals surface area contributed by atoms with Crippen LogP contribution in [0.1, 0.15) is 23.6 Å². The van der Waals surface area contributed by atoms with E-state index in [1.54, 1.807) is 0 Å². The van der Waals surface area contributed by atoms with Gasteiger partial charge in [0.05, 0.1) is 6.61 Å². The second-order valence-electron chi connectivity index (χ2n) is 4.34. The van der Waals surface area contributed by atoms with Crippen LogP contribution < -0.4 is 0 Å². The first kappa shape index (κ1) is 11.7. The minimum atomic E-state index is -0.141. The van der Waals surface area contributed by atoms with Crippen LogP contribution in [0, 0.1) is 6.92 Å². The average molecular weight is 213 g/mol. The second-order valence-corrected chi connectivity index (χ2v) is 5.71. The maximum Gasteiger partial charge on any atom is 0.0610 e. The lowest BCUT2D eigenvalue weighted by molar-refractivity contribution is 0.0741. The van der Waals surface area contributed by atoms with Crippen LogP contribution in [0.25, 0.3) is 0 Å². The quantitative estimate of drug-likeness (QED) is 0.829. The number of aliphatic hydroxyl groups excluding tert-OH is 1. The van der Waals surface area contributed by atoms with Gasteiger partial charge >= 0.3 is 0 Å². The molecule has 1 heterocycles. The molecular formula is C11H19NOS. The van der Waals surface area contributed by atoms with E-state index < -0.39 is 0 Å². The molecule has 1 aromatic heterocycles. The van der Waals surface area contributed by atoms with E-state index in [0.717, 1.165) is 6.54 Å². The van der Waals surface area contributed by atoms with Crippen LogP contribution in [0.5, 0.6) is 0 Å². The first-order valence-electron chi connectivity index (χ1n) is 4.83. The van der Waals surface area contributed by atoms with Crippen molar-refractivity contribution in [2.45, 2.75) is 32.9 Å². The summed E-state index contributed by atoms with van der Waals surface area (Å²) in [7, 11) is 2.05. The van der Waals surface area contributed by atoms with E-state index in [0.29, 0.717) is 0 Å². The van der Waals surface area contributed by atoms with E-state index in [1.807, 2.05) is 32.2 Å². The number of hydrogen-bond acceptors (Lipinski definition) is 3. The summed E-state index contributed by atoms with van der Waals surface area (Å²) in [4.78, 5) is 4.87. The predicted molar refractivity (Wildman–Crippen MR) is 61.7 cm³/mol. The first-order valence-corrected chi connectivity index (χ1v) is 5.65. The maximum atomic E-state index is 9.21. The van der Waals surface area contributed by atoms with Crippen molar-refractivity contribution in [3.8, 4) is 0 Å². The van der Waals surface area contributed by atoms with Crippen molar-refractivity contribution in [3.05, 3.63) is 21.9 Å². The van der Waals surface area contributed by atoms with Gasteiger partial charge in [0.1, 0.15) is 0 Å². The van der Waals surface area contributed by atoms with E-state index in [1.165, 1.54) is 9.75 Å². The lowest BCUT2D eigenvalue weighted by atomic mass is 10.1. The molecular weight excluding hydrogens is 194 g/mol. The van der Waals surface area contributed by atoms with Gasteiger partial charge in [-0.05, 0) is 40.0 Å². The molecule has 0 bridgehead atoms. The Morgan fingerprint density at radius 3 is 2.50 bits per heavy atom. The van der Waals surface area contributed by atoms with Gasteiger partial charge in [0.2, 0.25) is 0 Å². The Balaban J connectivity index is 2.61. The minimum absolute atomic E-state index is 0.141. The third-order valence-corrected chi connectivity index (χ3v) is 3.59. The Morgan fingerprint density at radius 1 is 1.43 bits per heavy atom. The van der Waals surface area contributed by atoms with E-state index in [-0.39, 0.29) is 12.1 Å². The van der Waals surface area contributed by atoms with Crippen LogP contribution in [0.3, 0.4) is 0 Å².